The maximum atomic E-state index is 13.5. The lowest BCUT2D eigenvalue weighted by atomic mass is 10.1. The van der Waals surface area contributed by atoms with Gasteiger partial charge in [0.05, 0.1) is 16.1 Å². The van der Waals surface area contributed by atoms with Crippen molar-refractivity contribution in [3.05, 3.63) is 64.2 Å². The summed E-state index contributed by atoms with van der Waals surface area (Å²) in [6.45, 7) is 0. The summed E-state index contributed by atoms with van der Waals surface area (Å²) in [6, 6.07) is 9.39. The van der Waals surface area contributed by atoms with E-state index in [2.05, 4.69) is 5.32 Å². The van der Waals surface area contributed by atoms with Crippen molar-refractivity contribution in [1.29, 1.82) is 5.26 Å². The van der Waals surface area contributed by atoms with Crippen LogP contribution in [0.5, 0.6) is 0 Å². The highest BCUT2D eigenvalue weighted by Crippen LogP contribution is 2.21. The normalized spacial score (nSPS) is 9.90. The predicted molar refractivity (Wildman–Crippen MR) is 70.5 cm³/mol. The standard InChI is InChI=1S/C14H7ClF2N2O/c15-11-5-4-9(6-8(11)7-18)19-14(20)10-2-1-3-12(16)13(10)17/h1-6H,(H,19,20). The molecule has 0 heterocycles. The number of benzene rings is 2. The van der Waals surface area contributed by atoms with Gasteiger partial charge in [0.15, 0.2) is 11.6 Å². The molecular formula is C14H7ClF2N2O. The molecule has 6 heteroatoms. The summed E-state index contributed by atoms with van der Waals surface area (Å²) < 4.78 is 26.5. The maximum Gasteiger partial charge on any atom is 0.258 e. The summed E-state index contributed by atoms with van der Waals surface area (Å²) in [7, 11) is 0. The maximum absolute atomic E-state index is 13.5. The Kier molecular flexibility index (Phi) is 3.97. The molecule has 1 N–H and O–H groups in total. The smallest absolute Gasteiger partial charge is 0.258 e. The van der Waals surface area contributed by atoms with Gasteiger partial charge in [0.1, 0.15) is 6.07 Å². The molecule has 3 nitrogen and oxygen atoms in total. The van der Waals surface area contributed by atoms with E-state index in [4.69, 9.17) is 16.9 Å². The summed E-state index contributed by atoms with van der Waals surface area (Å²) >= 11 is 5.75. The third-order valence-corrected chi connectivity index (χ3v) is 2.87. The molecule has 0 aliphatic rings. The topological polar surface area (TPSA) is 52.9 Å². The first-order valence-corrected chi connectivity index (χ1v) is 5.85. The van der Waals surface area contributed by atoms with Crippen LogP contribution in [0.25, 0.3) is 0 Å². The van der Waals surface area contributed by atoms with Gasteiger partial charge in [0.25, 0.3) is 5.91 Å². The molecule has 0 saturated carbocycles. The molecule has 0 atom stereocenters. The van der Waals surface area contributed by atoms with Crippen molar-refractivity contribution in [1.82, 2.24) is 0 Å². The third-order valence-electron chi connectivity index (χ3n) is 2.54. The Morgan fingerprint density at radius 3 is 2.70 bits per heavy atom. The Morgan fingerprint density at radius 1 is 1.25 bits per heavy atom. The Morgan fingerprint density at radius 2 is 2.00 bits per heavy atom. The van der Waals surface area contributed by atoms with Crippen LogP contribution in [0.4, 0.5) is 14.5 Å². The van der Waals surface area contributed by atoms with Gasteiger partial charge < -0.3 is 5.32 Å². The van der Waals surface area contributed by atoms with Crippen LogP contribution in [-0.4, -0.2) is 5.91 Å². The molecule has 0 radical (unpaired) electrons. The lowest BCUT2D eigenvalue weighted by Gasteiger charge is -2.07. The zero-order valence-electron chi connectivity index (χ0n) is 9.95. The number of nitrogens with one attached hydrogen (secondary N) is 1. The van der Waals surface area contributed by atoms with E-state index in [-0.39, 0.29) is 16.3 Å². The van der Waals surface area contributed by atoms with Crippen LogP contribution < -0.4 is 5.32 Å². The van der Waals surface area contributed by atoms with Crippen molar-refractivity contribution >= 4 is 23.2 Å². The second kappa shape index (κ2) is 5.68. The highest BCUT2D eigenvalue weighted by atomic mass is 35.5. The minimum absolute atomic E-state index is 0.171. The second-order valence-corrected chi connectivity index (χ2v) is 4.27. The molecule has 0 aliphatic carbocycles. The van der Waals surface area contributed by atoms with Crippen molar-refractivity contribution in [2.24, 2.45) is 0 Å². The van der Waals surface area contributed by atoms with E-state index in [1.807, 2.05) is 6.07 Å². The number of hydrogen-bond acceptors (Lipinski definition) is 2. The number of nitrogens with zero attached hydrogens (tertiary/aromatic N) is 1. The van der Waals surface area contributed by atoms with E-state index in [0.717, 1.165) is 12.1 Å². The first kappa shape index (κ1) is 14.0. The zero-order valence-corrected chi connectivity index (χ0v) is 10.7. The van der Waals surface area contributed by atoms with E-state index in [1.165, 1.54) is 24.3 Å². The van der Waals surface area contributed by atoms with Gasteiger partial charge in [-0.05, 0) is 30.3 Å². The third kappa shape index (κ3) is 2.76. The molecule has 0 saturated heterocycles. The second-order valence-electron chi connectivity index (χ2n) is 3.86. The van der Waals surface area contributed by atoms with Gasteiger partial charge in [0.2, 0.25) is 0 Å². The summed E-state index contributed by atoms with van der Waals surface area (Å²) in [6.07, 6.45) is 0. The summed E-state index contributed by atoms with van der Waals surface area (Å²) in [5.41, 5.74) is 0.0160. The van der Waals surface area contributed by atoms with Crippen LogP contribution in [0.3, 0.4) is 0 Å². The van der Waals surface area contributed by atoms with Crippen molar-refractivity contribution in [3.8, 4) is 6.07 Å². The summed E-state index contributed by atoms with van der Waals surface area (Å²) in [5, 5.41) is 11.4. The highest BCUT2D eigenvalue weighted by molar-refractivity contribution is 6.31. The molecular weight excluding hydrogens is 286 g/mol. The number of amides is 1. The number of nitriles is 1. The summed E-state index contributed by atoms with van der Waals surface area (Å²) in [5.74, 6) is -3.14. The number of halogens is 3. The van der Waals surface area contributed by atoms with E-state index in [0.29, 0.717) is 0 Å². The first-order valence-electron chi connectivity index (χ1n) is 5.48. The van der Waals surface area contributed by atoms with E-state index < -0.39 is 23.1 Å². The van der Waals surface area contributed by atoms with Crippen molar-refractivity contribution < 1.29 is 13.6 Å². The molecule has 2 aromatic rings. The molecule has 0 bridgehead atoms. The Hall–Kier alpha value is -2.45. The zero-order chi connectivity index (χ0) is 14.7. The van der Waals surface area contributed by atoms with Crippen molar-refractivity contribution in [2.45, 2.75) is 0 Å². The minimum Gasteiger partial charge on any atom is -0.322 e. The van der Waals surface area contributed by atoms with Crippen LogP contribution in [0, 0.1) is 23.0 Å². The first-order chi connectivity index (χ1) is 9.52. The van der Waals surface area contributed by atoms with Gasteiger partial charge >= 0.3 is 0 Å². The van der Waals surface area contributed by atoms with Crippen molar-refractivity contribution in [3.63, 3.8) is 0 Å². The fourth-order valence-corrected chi connectivity index (χ4v) is 1.73. The number of hydrogen-bond donors (Lipinski definition) is 1. The van der Waals surface area contributed by atoms with E-state index in [1.54, 1.807) is 0 Å². The quantitative estimate of drug-likeness (QED) is 0.916. The van der Waals surface area contributed by atoms with Gasteiger partial charge in [-0.15, -0.1) is 0 Å². The van der Waals surface area contributed by atoms with E-state index >= 15 is 0 Å². The van der Waals surface area contributed by atoms with Crippen LogP contribution in [0.15, 0.2) is 36.4 Å². The molecule has 0 unspecified atom stereocenters. The molecule has 1 amide bonds. The van der Waals surface area contributed by atoms with Crippen LogP contribution in [0.2, 0.25) is 5.02 Å². The summed E-state index contributed by atoms with van der Waals surface area (Å²) in [4.78, 5) is 11.8. The number of carbonyl (C=O) groups excluding carboxylic acids is 1. The van der Waals surface area contributed by atoms with Crippen molar-refractivity contribution in [2.75, 3.05) is 5.32 Å². The lowest BCUT2D eigenvalue weighted by molar-refractivity contribution is 0.102. The molecule has 0 spiro atoms. The van der Waals surface area contributed by atoms with Crippen LogP contribution in [-0.2, 0) is 0 Å². The molecule has 2 aromatic carbocycles. The predicted octanol–water partition coefficient (Wildman–Crippen LogP) is 3.74. The molecule has 0 fully saturated rings. The monoisotopic (exact) mass is 292 g/mol. The van der Waals surface area contributed by atoms with Gasteiger partial charge in [-0.2, -0.15) is 5.26 Å². The van der Waals surface area contributed by atoms with Gasteiger partial charge in [0, 0.05) is 5.69 Å². The largest absolute Gasteiger partial charge is 0.322 e. The Bertz CT molecular complexity index is 726. The molecule has 0 aromatic heterocycles. The molecule has 0 aliphatic heterocycles. The lowest BCUT2D eigenvalue weighted by Crippen LogP contribution is -2.14. The van der Waals surface area contributed by atoms with Crippen LogP contribution >= 0.6 is 11.6 Å². The SMILES string of the molecule is N#Cc1cc(NC(=O)c2cccc(F)c2F)ccc1Cl. The fraction of sp³-hybridized carbons (Fsp3) is 0. The molecule has 100 valence electrons. The van der Waals surface area contributed by atoms with E-state index in [9.17, 15) is 13.6 Å². The minimum atomic E-state index is -1.22. The number of rotatable bonds is 2. The highest BCUT2D eigenvalue weighted by Gasteiger charge is 2.15. The molecule has 20 heavy (non-hydrogen) atoms. The van der Waals surface area contributed by atoms with Gasteiger partial charge in [-0.3, -0.25) is 4.79 Å². The average Bonchev–Trinajstić information content (AvgIpc) is 2.43. The van der Waals surface area contributed by atoms with Crippen LogP contribution in [0.1, 0.15) is 15.9 Å². The Balaban J connectivity index is 2.29. The number of carbonyl (C=O) groups is 1. The molecule has 2 rings (SSSR count). The number of anilines is 1. The fourth-order valence-electron chi connectivity index (χ4n) is 1.57. The average molecular weight is 293 g/mol. The van der Waals surface area contributed by atoms with Gasteiger partial charge in [-0.1, -0.05) is 17.7 Å². The Labute approximate surface area is 118 Å². The van der Waals surface area contributed by atoms with Gasteiger partial charge in [-0.25, -0.2) is 8.78 Å².